The predicted molar refractivity (Wildman–Crippen MR) is 107 cm³/mol. The van der Waals surface area contributed by atoms with Crippen molar-refractivity contribution in [3.63, 3.8) is 0 Å². The molecule has 0 unspecified atom stereocenters. The highest BCUT2D eigenvalue weighted by molar-refractivity contribution is 5.77. The number of anilines is 2. The average molecular weight is 348 g/mol. The fourth-order valence-electron chi connectivity index (χ4n) is 3.57. The number of nitrogens with zero attached hydrogens (tertiary/aromatic N) is 2. The van der Waals surface area contributed by atoms with Gasteiger partial charge in [0, 0.05) is 24.5 Å². The van der Waals surface area contributed by atoms with Crippen LogP contribution < -0.4 is 15.8 Å². The first kappa shape index (κ1) is 16.6. The zero-order valence-electron chi connectivity index (χ0n) is 15.0. The Kier molecular flexibility index (Phi) is 4.61. The van der Waals surface area contributed by atoms with Crippen molar-refractivity contribution in [2.75, 3.05) is 23.3 Å². The summed E-state index contributed by atoms with van der Waals surface area (Å²) < 4.78 is 0. The first-order valence-electron chi connectivity index (χ1n) is 9.31. The molecule has 2 N–H and O–H groups in total. The largest absolute Gasteiger partial charge is 0.375 e. The van der Waals surface area contributed by atoms with Gasteiger partial charge in [-0.2, -0.15) is 0 Å². The molecule has 0 saturated carbocycles. The summed E-state index contributed by atoms with van der Waals surface area (Å²) in [7, 11) is 0. The number of fused-ring (bicyclic) bond motifs is 1. The third-order valence-corrected chi connectivity index (χ3v) is 4.99. The van der Waals surface area contributed by atoms with Gasteiger partial charge in [0.2, 0.25) is 0 Å². The molecule has 1 aliphatic heterocycles. The Labute approximate surface area is 153 Å². The van der Waals surface area contributed by atoms with Gasteiger partial charge < -0.3 is 15.2 Å². The van der Waals surface area contributed by atoms with E-state index in [2.05, 4.69) is 44.5 Å². The highest BCUT2D eigenvalue weighted by Gasteiger charge is 2.13. The van der Waals surface area contributed by atoms with Crippen LogP contribution in [-0.4, -0.2) is 23.1 Å². The maximum atomic E-state index is 12.3. The number of aromatic nitrogens is 2. The van der Waals surface area contributed by atoms with E-state index in [1.54, 1.807) is 6.07 Å². The van der Waals surface area contributed by atoms with Gasteiger partial charge in [-0.1, -0.05) is 18.2 Å². The van der Waals surface area contributed by atoms with Crippen LogP contribution in [0.4, 0.5) is 11.4 Å². The van der Waals surface area contributed by atoms with E-state index in [9.17, 15) is 4.79 Å². The van der Waals surface area contributed by atoms with Crippen LogP contribution in [-0.2, 0) is 0 Å². The Morgan fingerprint density at radius 3 is 2.73 bits per heavy atom. The minimum Gasteiger partial charge on any atom is -0.375 e. The third kappa shape index (κ3) is 3.43. The highest BCUT2D eigenvalue weighted by Crippen LogP contribution is 2.25. The lowest BCUT2D eigenvalue weighted by molar-refractivity contribution is 0.578. The first-order valence-corrected chi connectivity index (χ1v) is 9.31. The molecule has 0 bridgehead atoms. The second-order valence-electron chi connectivity index (χ2n) is 6.93. The van der Waals surface area contributed by atoms with Crippen LogP contribution >= 0.6 is 0 Å². The zero-order chi connectivity index (χ0) is 17.9. The smallest absolute Gasteiger partial charge is 0.258 e. The Morgan fingerprint density at radius 2 is 1.88 bits per heavy atom. The molecular formula is C21H24N4O. The van der Waals surface area contributed by atoms with E-state index in [1.165, 1.54) is 24.9 Å². The van der Waals surface area contributed by atoms with Crippen molar-refractivity contribution in [2.45, 2.75) is 32.2 Å². The standard InChI is InChI=1S/C21H24N4O/c1-15(20-23-19-11-4-3-10-18(19)21(26)24-20)22-16-8-7-9-17(14-16)25-12-5-2-6-13-25/h3-4,7-11,14-15,22H,2,5-6,12-13H2,1H3,(H,23,24,26)/t15-/m1/s1. The van der Waals surface area contributed by atoms with Gasteiger partial charge in [-0.3, -0.25) is 4.79 Å². The molecule has 1 aliphatic rings. The van der Waals surface area contributed by atoms with E-state index in [1.807, 2.05) is 25.1 Å². The SMILES string of the molecule is C[C@@H](Nc1cccc(N2CCCCC2)c1)c1nc2ccccc2c(=O)[nH]1. The van der Waals surface area contributed by atoms with Crippen LogP contribution in [0.25, 0.3) is 10.9 Å². The van der Waals surface area contributed by atoms with Gasteiger partial charge in [0.05, 0.1) is 16.9 Å². The quantitative estimate of drug-likeness (QED) is 0.746. The molecule has 1 fully saturated rings. The maximum Gasteiger partial charge on any atom is 0.258 e. The lowest BCUT2D eigenvalue weighted by Crippen LogP contribution is -2.29. The summed E-state index contributed by atoms with van der Waals surface area (Å²) in [5.41, 5.74) is 2.92. The van der Waals surface area contributed by atoms with Crippen molar-refractivity contribution >= 4 is 22.3 Å². The Balaban J connectivity index is 1.56. The van der Waals surface area contributed by atoms with E-state index in [-0.39, 0.29) is 11.6 Å². The minimum atomic E-state index is -0.0960. The average Bonchev–Trinajstić information content (AvgIpc) is 2.69. The summed E-state index contributed by atoms with van der Waals surface area (Å²) in [6.07, 6.45) is 3.85. The van der Waals surface area contributed by atoms with Crippen molar-refractivity contribution in [3.05, 3.63) is 64.7 Å². The fraction of sp³-hybridized carbons (Fsp3) is 0.333. The molecule has 1 aromatic heterocycles. The molecule has 0 amide bonds. The number of H-pyrrole nitrogens is 1. The number of hydrogen-bond donors (Lipinski definition) is 2. The van der Waals surface area contributed by atoms with Crippen molar-refractivity contribution in [1.29, 1.82) is 0 Å². The number of benzene rings is 2. The molecule has 3 aromatic rings. The van der Waals surface area contributed by atoms with Gasteiger partial charge in [0.1, 0.15) is 5.82 Å². The molecular weight excluding hydrogens is 324 g/mol. The second kappa shape index (κ2) is 7.20. The van der Waals surface area contributed by atoms with Gasteiger partial charge in [-0.25, -0.2) is 4.98 Å². The summed E-state index contributed by atoms with van der Waals surface area (Å²) in [5.74, 6) is 0.650. The van der Waals surface area contributed by atoms with Crippen molar-refractivity contribution in [2.24, 2.45) is 0 Å². The van der Waals surface area contributed by atoms with Crippen LogP contribution in [0.5, 0.6) is 0 Å². The third-order valence-electron chi connectivity index (χ3n) is 4.99. The molecule has 5 nitrogen and oxygen atoms in total. The van der Waals surface area contributed by atoms with Crippen molar-refractivity contribution in [3.8, 4) is 0 Å². The Bertz CT molecular complexity index is 959. The van der Waals surface area contributed by atoms with Crippen LogP contribution in [0.2, 0.25) is 0 Å². The lowest BCUT2D eigenvalue weighted by atomic mass is 10.1. The van der Waals surface area contributed by atoms with E-state index in [0.717, 1.165) is 24.3 Å². The Hall–Kier alpha value is -2.82. The number of piperidine rings is 1. The molecule has 0 aliphatic carbocycles. The topological polar surface area (TPSA) is 61.0 Å². The zero-order valence-corrected chi connectivity index (χ0v) is 15.0. The van der Waals surface area contributed by atoms with Crippen molar-refractivity contribution < 1.29 is 0 Å². The molecule has 134 valence electrons. The first-order chi connectivity index (χ1) is 12.7. The molecule has 4 rings (SSSR count). The van der Waals surface area contributed by atoms with Gasteiger partial charge in [-0.15, -0.1) is 0 Å². The summed E-state index contributed by atoms with van der Waals surface area (Å²) in [6, 6.07) is 15.8. The predicted octanol–water partition coefficient (Wildman–Crippen LogP) is 4.09. The monoisotopic (exact) mass is 348 g/mol. The maximum absolute atomic E-state index is 12.3. The number of aromatic amines is 1. The second-order valence-corrected chi connectivity index (χ2v) is 6.93. The van der Waals surface area contributed by atoms with E-state index >= 15 is 0 Å². The van der Waals surface area contributed by atoms with Crippen LogP contribution in [0.3, 0.4) is 0 Å². The van der Waals surface area contributed by atoms with E-state index < -0.39 is 0 Å². The summed E-state index contributed by atoms with van der Waals surface area (Å²) >= 11 is 0. The number of rotatable bonds is 4. The van der Waals surface area contributed by atoms with Gasteiger partial charge in [0.25, 0.3) is 5.56 Å². The molecule has 0 spiro atoms. The number of hydrogen-bond acceptors (Lipinski definition) is 4. The summed E-state index contributed by atoms with van der Waals surface area (Å²) in [5, 5.41) is 4.09. The van der Waals surface area contributed by atoms with Crippen LogP contribution in [0.1, 0.15) is 38.1 Å². The van der Waals surface area contributed by atoms with E-state index in [4.69, 9.17) is 0 Å². The lowest BCUT2D eigenvalue weighted by Gasteiger charge is -2.29. The van der Waals surface area contributed by atoms with E-state index in [0.29, 0.717) is 11.2 Å². The molecule has 2 aromatic carbocycles. The normalized spacial score (nSPS) is 15.8. The molecule has 1 saturated heterocycles. The van der Waals surface area contributed by atoms with Gasteiger partial charge in [-0.05, 0) is 56.5 Å². The molecule has 5 heteroatoms. The highest BCUT2D eigenvalue weighted by atomic mass is 16.1. The summed E-state index contributed by atoms with van der Waals surface area (Å²) in [6.45, 7) is 4.26. The van der Waals surface area contributed by atoms with Crippen molar-refractivity contribution in [1.82, 2.24) is 9.97 Å². The van der Waals surface area contributed by atoms with Gasteiger partial charge >= 0.3 is 0 Å². The molecule has 0 radical (unpaired) electrons. The molecule has 1 atom stereocenters. The van der Waals surface area contributed by atoms with Crippen LogP contribution in [0.15, 0.2) is 53.3 Å². The number of para-hydroxylation sites is 1. The van der Waals surface area contributed by atoms with Gasteiger partial charge in [0.15, 0.2) is 0 Å². The van der Waals surface area contributed by atoms with Crippen LogP contribution in [0, 0.1) is 0 Å². The fourth-order valence-corrected chi connectivity index (χ4v) is 3.57. The molecule has 26 heavy (non-hydrogen) atoms. The summed E-state index contributed by atoms with van der Waals surface area (Å²) in [4.78, 5) is 22.3. The molecule has 2 heterocycles. The minimum absolute atomic E-state index is 0.0936. The Morgan fingerprint density at radius 1 is 1.08 bits per heavy atom. The number of nitrogens with one attached hydrogen (secondary N) is 2.